The molecule has 1 aliphatic rings. The van der Waals surface area contributed by atoms with Gasteiger partial charge in [-0.15, -0.1) is 0 Å². The molecule has 1 atom stereocenters. The van der Waals surface area contributed by atoms with Gasteiger partial charge in [-0.1, -0.05) is 23.7 Å². The van der Waals surface area contributed by atoms with Crippen LogP contribution in [-0.4, -0.2) is 50.3 Å². The molecule has 3 heterocycles. The summed E-state index contributed by atoms with van der Waals surface area (Å²) in [5.41, 5.74) is 0.803. The molecule has 4 rings (SSSR count). The fourth-order valence-corrected chi connectivity index (χ4v) is 3.54. The smallest absolute Gasteiger partial charge is 0.262 e. The van der Waals surface area contributed by atoms with Gasteiger partial charge in [0.2, 0.25) is 5.82 Å². The number of ether oxygens (including phenoxy) is 1. The molecule has 2 aromatic heterocycles. The van der Waals surface area contributed by atoms with E-state index in [1.165, 1.54) is 19.3 Å². The van der Waals surface area contributed by atoms with E-state index >= 15 is 0 Å². The average Bonchev–Trinajstić information content (AvgIpc) is 3.32. The summed E-state index contributed by atoms with van der Waals surface area (Å²) in [6.45, 7) is 5.02. The van der Waals surface area contributed by atoms with Crippen LogP contribution in [0.25, 0.3) is 23.1 Å². The maximum atomic E-state index is 6.08. The molecule has 0 amide bonds. The number of likely N-dealkylation sites (tertiary alicyclic amines) is 1. The van der Waals surface area contributed by atoms with Crippen LogP contribution in [0.15, 0.2) is 41.2 Å². The molecule has 1 unspecified atom stereocenters. The van der Waals surface area contributed by atoms with Crippen LogP contribution >= 0.6 is 0 Å². The Labute approximate surface area is 159 Å². The van der Waals surface area contributed by atoms with Crippen molar-refractivity contribution in [3.8, 4) is 28.9 Å². The van der Waals surface area contributed by atoms with Gasteiger partial charge in [0.1, 0.15) is 12.4 Å². The zero-order chi connectivity index (χ0) is 18.6. The summed E-state index contributed by atoms with van der Waals surface area (Å²) >= 11 is 0. The summed E-state index contributed by atoms with van der Waals surface area (Å²) in [4.78, 5) is 11.3. The average molecular weight is 367 g/mol. The number of benzene rings is 1. The first kappa shape index (κ1) is 17.7. The predicted octanol–water partition coefficient (Wildman–Crippen LogP) is 3.39. The second-order valence-corrected chi connectivity index (χ2v) is 7.01. The Hall–Kier alpha value is -2.67. The lowest BCUT2D eigenvalue weighted by Gasteiger charge is -2.33. The number of nitrogens with zero attached hydrogens (tertiary/aromatic N) is 5. The largest absolute Gasteiger partial charge is 0.491 e. The van der Waals surface area contributed by atoms with Gasteiger partial charge in [-0.05, 0) is 38.4 Å². The second kappa shape index (κ2) is 7.92. The third-order valence-electron chi connectivity index (χ3n) is 5.14. The van der Waals surface area contributed by atoms with Crippen LogP contribution in [-0.2, 0) is 7.05 Å². The number of hydrogen-bond donors (Lipinski definition) is 0. The van der Waals surface area contributed by atoms with Crippen molar-refractivity contribution < 1.29 is 9.26 Å². The summed E-state index contributed by atoms with van der Waals surface area (Å²) < 4.78 is 13.4. The second-order valence-electron chi connectivity index (χ2n) is 7.01. The van der Waals surface area contributed by atoms with Gasteiger partial charge in [0.25, 0.3) is 5.89 Å². The van der Waals surface area contributed by atoms with Crippen molar-refractivity contribution in [1.82, 2.24) is 24.6 Å². The number of para-hydroxylation sites is 1. The first-order chi connectivity index (χ1) is 13.2. The molecular formula is C20H25N5O2. The van der Waals surface area contributed by atoms with Crippen LogP contribution in [0, 0.1) is 0 Å². The number of aromatic nitrogens is 4. The number of rotatable bonds is 6. The van der Waals surface area contributed by atoms with Crippen LogP contribution in [0.3, 0.4) is 0 Å². The molecule has 0 bridgehead atoms. The van der Waals surface area contributed by atoms with Crippen molar-refractivity contribution in [3.05, 3.63) is 36.7 Å². The van der Waals surface area contributed by atoms with Gasteiger partial charge < -0.3 is 13.8 Å². The van der Waals surface area contributed by atoms with Gasteiger partial charge in [0.05, 0.1) is 5.56 Å². The van der Waals surface area contributed by atoms with E-state index in [1.54, 1.807) is 6.20 Å². The highest BCUT2D eigenvalue weighted by Crippen LogP contribution is 2.30. The predicted molar refractivity (Wildman–Crippen MR) is 102 cm³/mol. The molecule has 142 valence electrons. The van der Waals surface area contributed by atoms with Crippen molar-refractivity contribution in [2.24, 2.45) is 7.05 Å². The van der Waals surface area contributed by atoms with Crippen LogP contribution in [0.4, 0.5) is 0 Å². The molecule has 1 saturated heterocycles. The molecule has 0 radical (unpaired) electrons. The third kappa shape index (κ3) is 3.88. The quantitative estimate of drug-likeness (QED) is 0.665. The molecule has 3 aromatic rings. The molecule has 1 fully saturated rings. The number of aryl methyl sites for hydroxylation is 1. The summed E-state index contributed by atoms with van der Waals surface area (Å²) in [5, 5.41) is 4.07. The molecular weight excluding hydrogens is 342 g/mol. The zero-order valence-electron chi connectivity index (χ0n) is 15.8. The molecule has 0 spiro atoms. The van der Waals surface area contributed by atoms with Crippen molar-refractivity contribution in [2.45, 2.75) is 32.2 Å². The fraction of sp³-hybridized carbons (Fsp3) is 0.450. The molecule has 1 aliphatic heterocycles. The lowest BCUT2D eigenvalue weighted by atomic mass is 10.0. The molecule has 27 heavy (non-hydrogen) atoms. The number of hydrogen-bond acceptors (Lipinski definition) is 6. The highest BCUT2D eigenvalue weighted by Gasteiger charge is 2.19. The summed E-state index contributed by atoms with van der Waals surface area (Å²) in [7, 11) is 1.90. The van der Waals surface area contributed by atoms with Gasteiger partial charge in [-0.25, -0.2) is 4.98 Å². The monoisotopic (exact) mass is 367 g/mol. The summed E-state index contributed by atoms with van der Waals surface area (Å²) in [6.07, 6.45) is 7.44. The number of piperidine rings is 1. The Kier molecular flexibility index (Phi) is 5.20. The highest BCUT2D eigenvalue weighted by molar-refractivity contribution is 5.63. The van der Waals surface area contributed by atoms with E-state index in [-0.39, 0.29) is 0 Å². The lowest BCUT2D eigenvalue weighted by molar-refractivity contribution is 0.133. The van der Waals surface area contributed by atoms with Gasteiger partial charge in [0, 0.05) is 32.0 Å². The third-order valence-corrected chi connectivity index (χ3v) is 5.14. The van der Waals surface area contributed by atoms with Crippen molar-refractivity contribution in [2.75, 3.05) is 19.7 Å². The van der Waals surface area contributed by atoms with Crippen LogP contribution < -0.4 is 4.74 Å². The maximum absolute atomic E-state index is 6.08. The topological polar surface area (TPSA) is 69.2 Å². The van der Waals surface area contributed by atoms with E-state index in [0.29, 0.717) is 30.2 Å². The molecule has 0 N–H and O–H groups in total. The highest BCUT2D eigenvalue weighted by atomic mass is 16.5. The zero-order valence-corrected chi connectivity index (χ0v) is 15.8. The van der Waals surface area contributed by atoms with Gasteiger partial charge >= 0.3 is 0 Å². The van der Waals surface area contributed by atoms with Crippen LogP contribution in [0.5, 0.6) is 5.75 Å². The van der Waals surface area contributed by atoms with Gasteiger partial charge in [-0.2, -0.15) is 4.98 Å². The first-order valence-electron chi connectivity index (χ1n) is 9.50. The fourth-order valence-electron chi connectivity index (χ4n) is 3.54. The van der Waals surface area contributed by atoms with E-state index in [2.05, 4.69) is 26.9 Å². The molecule has 7 nitrogen and oxygen atoms in total. The van der Waals surface area contributed by atoms with Crippen molar-refractivity contribution in [3.63, 3.8) is 0 Å². The van der Waals surface area contributed by atoms with E-state index in [1.807, 2.05) is 42.1 Å². The van der Waals surface area contributed by atoms with E-state index in [0.717, 1.165) is 24.4 Å². The maximum Gasteiger partial charge on any atom is 0.262 e. The SMILES string of the molecule is CC1CCCCN1CCOc1ccccc1-c1nc(-c2nccn2C)no1. The lowest BCUT2D eigenvalue weighted by Crippen LogP contribution is -2.39. The van der Waals surface area contributed by atoms with E-state index in [9.17, 15) is 0 Å². The standard InChI is InChI=1S/C20H25N5O2/c1-15-7-5-6-11-25(15)13-14-26-17-9-4-3-8-16(17)20-22-18(23-27-20)19-21-10-12-24(19)2/h3-4,8-10,12,15H,5-7,11,13-14H2,1-2H3. The van der Waals surface area contributed by atoms with Crippen LogP contribution in [0.1, 0.15) is 26.2 Å². The Balaban J connectivity index is 1.47. The van der Waals surface area contributed by atoms with Crippen molar-refractivity contribution in [1.29, 1.82) is 0 Å². The molecule has 7 heteroatoms. The van der Waals surface area contributed by atoms with E-state index in [4.69, 9.17) is 9.26 Å². The molecule has 0 saturated carbocycles. The summed E-state index contributed by atoms with van der Waals surface area (Å²) in [6, 6.07) is 8.42. The molecule has 0 aliphatic carbocycles. The Morgan fingerprint density at radius 3 is 2.96 bits per heavy atom. The van der Waals surface area contributed by atoms with Crippen molar-refractivity contribution >= 4 is 0 Å². The Morgan fingerprint density at radius 2 is 2.15 bits per heavy atom. The van der Waals surface area contributed by atoms with E-state index < -0.39 is 0 Å². The minimum Gasteiger partial charge on any atom is -0.491 e. The van der Waals surface area contributed by atoms with Crippen LogP contribution in [0.2, 0.25) is 0 Å². The van der Waals surface area contributed by atoms with Gasteiger partial charge in [-0.3, -0.25) is 4.90 Å². The van der Waals surface area contributed by atoms with Gasteiger partial charge in [0.15, 0.2) is 5.82 Å². The first-order valence-corrected chi connectivity index (χ1v) is 9.50. The normalized spacial score (nSPS) is 17.9. The Morgan fingerprint density at radius 1 is 1.26 bits per heavy atom. The number of imidazole rings is 1. The molecule has 1 aromatic carbocycles. The summed E-state index contributed by atoms with van der Waals surface area (Å²) in [5.74, 6) is 2.34. The minimum absolute atomic E-state index is 0.440. The minimum atomic E-state index is 0.440. The Bertz CT molecular complexity index is 888.